The third kappa shape index (κ3) is 3.90. The molecule has 1 aliphatic heterocycles. The van der Waals surface area contributed by atoms with Crippen molar-refractivity contribution in [2.75, 3.05) is 27.2 Å². The van der Waals surface area contributed by atoms with Gasteiger partial charge in [0.25, 0.3) is 10.2 Å². The Morgan fingerprint density at radius 3 is 2.69 bits per heavy atom. The second-order valence-corrected chi connectivity index (χ2v) is 8.99. The van der Waals surface area contributed by atoms with Gasteiger partial charge in [0.1, 0.15) is 0 Å². The van der Waals surface area contributed by atoms with Crippen molar-refractivity contribution in [3.05, 3.63) is 48.0 Å². The van der Waals surface area contributed by atoms with Gasteiger partial charge in [0.2, 0.25) is 5.91 Å². The second kappa shape index (κ2) is 7.73. The average Bonchev–Trinajstić information content (AvgIpc) is 2.66. The Morgan fingerprint density at radius 1 is 1.19 bits per heavy atom. The standard InChI is InChI=1S/C19H25N3O3S/c1-21(2)26(24,25)22-12-6-10-17(14-22)19(23)20-13-16-9-5-8-15-7-3-4-11-18(15)16/h3-5,7-9,11,17H,6,10,12-14H2,1-2H3,(H,20,23)/t17-/m1/s1. The highest BCUT2D eigenvalue weighted by Crippen LogP contribution is 2.21. The van der Waals surface area contributed by atoms with Crippen LogP contribution in [-0.4, -0.2) is 50.1 Å². The Kier molecular flexibility index (Phi) is 5.60. The van der Waals surface area contributed by atoms with Crippen LogP contribution in [0.5, 0.6) is 0 Å². The van der Waals surface area contributed by atoms with Gasteiger partial charge in [-0.05, 0) is 29.2 Å². The van der Waals surface area contributed by atoms with Crippen LogP contribution in [0.1, 0.15) is 18.4 Å². The molecule has 0 saturated carbocycles. The quantitative estimate of drug-likeness (QED) is 0.869. The summed E-state index contributed by atoms with van der Waals surface area (Å²) in [7, 11) is -0.449. The van der Waals surface area contributed by atoms with Crippen LogP contribution in [0.25, 0.3) is 10.8 Å². The van der Waals surface area contributed by atoms with E-state index in [0.717, 1.165) is 16.3 Å². The molecule has 6 nitrogen and oxygen atoms in total. The number of amides is 1. The first kappa shape index (κ1) is 18.8. The zero-order valence-electron chi connectivity index (χ0n) is 15.2. The Bertz CT molecular complexity index is 891. The molecule has 7 heteroatoms. The highest BCUT2D eigenvalue weighted by molar-refractivity contribution is 7.86. The number of carbonyl (C=O) groups excluding carboxylic acids is 1. The number of rotatable bonds is 5. The van der Waals surface area contributed by atoms with Crippen molar-refractivity contribution < 1.29 is 13.2 Å². The van der Waals surface area contributed by atoms with Gasteiger partial charge in [-0.1, -0.05) is 42.5 Å². The molecular weight excluding hydrogens is 350 g/mol. The van der Waals surface area contributed by atoms with Crippen LogP contribution in [-0.2, 0) is 21.5 Å². The summed E-state index contributed by atoms with van der Waals surface area (Å²) < 4.78 is 27.2. The summed E-state index contributed by atoms with van der Waals surface area (Å²) in [5.41, 5.74) is 1.06. The number of hydrogen-bond donors (Lipinski definition) is 1. The summed E-state index contributed by atoms with van der Waals surface area (Å²) in [5, 5.41) is 5.25. The van der Waals surface area contributed by atoms with E-state index >= 15 is 0 Å². The maximum Gasteiger partial charge on any atom is 0.281 e. The first-order chi connectivity index (χ1) is 12.4. The van der Waals surface area contributed by atoms with E-state index in [1.807, 2.05) is 42.5 Å². The first-order valence-electron chi connectivity index (χ1n) is 8.81. The van der Waals surface area contributed by atoms with Gasteiger partial charge < -0.3 is 5.32 Å². The molecule has 26 heavy (non-hydrogen) atoms. The zero-order chi connectivity index (χ0) is 18.7. The summed E-state index contributed by atoms with van der Waals surface area (Å²) in [4.78, 5) is 12.6. The number of carbonyl (C=O) groups is 1. The summed E-state index contributed by atoms with van der Waals surface area (Å²) in [5.74, 6) is -0.398. The lowest BCUT2D eigenvalue weighted by Crippen LogP contribution is -2.48. The SMILES string of the molecule is CN(C)S(=O)(=O)N1CCC[C@@H](C(=O)NCc2cccc3ccccc23)C1. The highest BCUT2D eigenvalue weighted by Gasteiger charge is 2.33. The van der Waals surface area contributed by atoms with Crippen LogP contribution in [0.4, 0.5) is 0 Å². The van der Waals surface area contributed by atoms with E-state index in [0.29, 0.717) is 25.9 Å². The molecule has 1 saturated heterocycles. The Balaban J connectivity index is 1.66. The van der Waals surface area contributed by atoms with Crippen LogP contribution >= 0.6 is 0 Å². The molecule has 0 spiro atoms. The molecule has 2 aromatic rings. The van der Waals surface area contributed by atoms with Crippen LogP contribution < -0.4 is 5.32 Å². The van der Waals surface area contributed by atoms with E-state index in [1.165, 1.54) is 22.7 Å². The number of nitrogens with one attached hydrogen (secondary N) is 1. The summed E-state index contributed by atoms with van der Waals surface area (Å²) >= 11 is 0. The topological polar surface area (TPSA) is 69.7 Å². The van der Waals surface area contributed by atoms with E-state index < -0.39 is 10.2 Å². The number of nitrogens with zero attached hydrogens (tertiary/aromatic N) is 2. The molecule has 3 rings (SSSR count). The highest BCUT2D eigenvalue weighted by atomic mass is 32.2. The first-order valence-corrected chi connectivity index (χ1v) is 10.2. The van der Waals surface area contributed by atoms with E-state index in [2.05, 4.69) is 5.32 Å². The van der Waals surface area contributed by atoms with Gasteiger partial charge in [0.05, 0.1) is 5.92 Å². The van der Waals surface area contributed by atoms with Crippen LogP contribution in [0, 0.1) is 5.92 Å². The molecule has 140 valence electrons. The van der Waals surface area contributed by atoms with Crippen molar-refractivity contribution >= 4 is 26.9 Å². The minimum atomic E-state index is -3.48. The van der Waals surface area contributed by atoms with Crippen LogP contribution in [0.15, 0.2) is 42.5 Å². The van der Waals surface area contributed by atoms with Crippen molar-refractivity contribution in [3.63, 3.8) is 0 Å². The van der Waals surface area contributed by atoms with Gasteiger partial charge in [-0.3, -0.25) is 4.79 Å². The lowest BCUT2D eigenvalue weighted by molar-refractivity contribution is -0.126. The number of benzene rings is 2. The normalized spacial score (nSPS) is 19.0. The summed E-state index contributed by atoms with van der Waals surface area (Å²) in [6, 6.07) is 14.1. The number of piperidine rings is 1. The van der Waals surface area contributed by atoms with Gasteiger partial charge in [-0.15, -0.1) is 0 Å². The molecule has 0 bridgehead atoms. The molecule has 1 N–H and O–H groups in total. The Morgan fingerprint density at radius 2 is 1.92 bits per heavy atom. The maximum absolute atomic E-state index is 12.6. The van der Waals surface area contributed by atoms with E-state index in [1.54, 1.807) is 0 Å². The smallest absolute Gasteiger partial charge is 0.281 e. The van der Waals surface area contributed by atoms with E-state index in [9.17, 15) is 13.2 Å². The lowest BCUT2D eigenvalue weighted by atomic mass is 9.98. The van der Waals surface area contributed by atoms with Crippen molar-refractivity contribution in [3.8, 4) is 0 Å². The zero-order valence-corrected chi connectivity index (χ0v) is 16.0. The molecule has 2 aromatic carbocycles. The molecule has 0 radical (unpaired) electrons. The van der Waals surface area contributed by atoms with Gasteiger partial charge in [0.15, 0.2) is 0 Å². The monoisotopic (exact) mass is 375 g/mol. The van der Waals surface area contributed by atoms with Crippen molar-refractivity contribution in [1.29, 1.82) is 0 Å². The van der Waals surface area contributed by atoms with Crippen LogP contribution in [0.2, 0.25) is 0 Å². The fourth-order valence-electron chi connectivity index (χ4n) is 3.37. The predicted molar refractivity (Wildman–Crippen MR) is 103 cm³/mol. The largest absolute Gasteiger partial charge is 0.352 e. The third-order valence-corrected chi connectivity index (χ3v) is 6.78. The van der Waals surface area contributed by atoms with E-state index in [4.69, 9.17) is 0 Å². The summed E-state index contributed by atoms with van der Waals surface area (Å²) in [6.45, 7) is 1.15. The fraction of sp³-hybridized carbons (Fsp3) is 0.421. The third-order valence-electron chi connectivity index (χ3n) is 4.88. The molecule has 0 aromatic heterocycles. The van der Waals surface area contributed by atoms with Gasteiger partial charge in [-0.2, -0.15) is 17.0 Å². The van der Waals surface area contributed by atoms with E-state index in [-0.39, 0.29) is 18.4 Å². The molecule has 1 fully saturated rings. The van der Waals surface area contributed by atoms with Gasteiger partial charge in [-0.25, -0.2) is 0 Å². The molecule has 1 atom stereocenters. The van der Waals surface area contributed by atoms with Crippen molar-refractivity contribution in [1.82, 2.24) is 13.9 Å². The molecule has 1 aliphatic rings. The molecule has 0 unspecified atom stereocenters. The second-order valence-electron chi connectivity index (χ2n) is 6.84. The van der Waals surface area contributed by atoms with Crippen LogP contribution in [0.3, 0.4) is 0 Å². The Hall–Kier alpha value is -1.96. The maximum atomic E-state index is 12.6. The fourth-order valence-corrected chi connectivity index (χ4v) is 4.56. The number of fused-ring (bicyclic) bond motifs is 1. The van der Waals surface area contributed by atoms with Crippen molar-refractivity contribution in [2.24, 2.45) is 5.92 Å². The minimum absolute atomic E-state index is 0.0865. The van der Waals surface area contributed by atoms with Gasteiger partial charge >= 0.3 is 0 Å². The Labute approximate surface area is 155 Å². The predicted octanol–water partition coefficient (Wildman–Crippen LogP) is 1.97. The molecule has 0 aliphatic carbocycles. The number of hydrogen-bond acceptors (Lipinski definition) is 3. The lowest BCUT2D eigenvalue weighted by Gasteiger charge is -2.32. The summed E-state index contributed by atoms with van der Waals surface area (Å²) in [6.07, 6.45) is 1.40. The molecule has 1 amide bonds. The molecular formula is C19H25N3O3S. The average molecular weight is 375 g/mol. The molecule has 1 heterocycles. The minimum Gasteiger partial charge on any atom is -0.352 e. The van der Waals surface area contributed by atoms with Crippen molar-refractivity contribution in [2.45, 2.75) is 19.4 Å². The van der Waals surface area contributed by atoms with Gasteiger partial charge in [0, 0.05) is 33.7 Å².